The first-order chi connectivity index (χ1) is 20.8. The van der Waals surface area contributed by atoms with Gasteiger partial charge in [0, 0.05) is 43.7 Å². The summed E-state index contributed by atoms with van der Waals surface area (Å²) in [5.41, 5.74) is 0.579. The lowest BCUT2D eigenvalue weighted by atomic mass is 10.00. The zero-order valence-electron chi connectivity index (χ0n) is 26.6. The van der Waals surface area contributed by atoms with Gasteiger partial charge in [0.2, 0.25) is 0 Å². The highest BCUT2D eigenvalue weighted by atomic mass is 32.1. The molecular weight excluding hydrogens is 589 g/mol. The number of rotatable bonds is 9. The van der Waals surface area contributed by atoms with E-state index >= 15 is 0 Å². The second kappa shape index (κ2) is 14.9. The maximum absolute atomic E-state index is 14.3. The van der Waals surface area contributed by atoms with Crippen LogP contribution >= 0.6 is 11.3 Å². The minimum Gasteiger partial charge on any atom is -0.443 e. The van der Waals surface area contributed by atoms with Crippen molar-refractivity contribution >= 4 is 39.2 Å². The first-order valence-electron chi connectivity index (χ1n) is 14.6. The first kappa shape index (κ1) is 34.8. The minimum absolute atomic E-state index is 0.0103. The van der Waals surface area contributed by atoms with Crippen molar-refractivity contribution in [3.63, 3.8) is 0 Å². The number of hydrogen-bond acceptors (Lipinski definition) is 7. The van der Waals surface area contributed by atoms with Gasteiger partial charge in [-0.15, -0.1) is 11.3 Å². The first-order valence-corrected chi connectivity index (χ1v) is 15.4. The van der Waals surface area contributed by atoms with Crippen molar-refractivity contribution in [3.8, 4) is 21.7 Å². The average Bonchev–Trinajstić information content (AvgIpc) is 3.40. The number of amides is 1. The molecule has 4 rings (SSSR count). The smallest absolute Gasteiger partial charge is 0.417 e. The number of benzene rings is 2. The SMILES string of the molecule is CC.CCCOCCN(C(=O)OC(C)(C)C)c1ccc2nc(-c3ccc(-c4ccc(N(C)C)nc4)cc3C(F)(F)F)sc2c1. The number of hydrogen-bond donors (Lipinski definition) is 0. The Morgan fingerprint density at radius 2 is 1.66 bits per heavy atom. The van der Waals surface area contributed by atoms with Crippen molar-refractivity contribution < 1.29 is 27.4 Å². The Hall–Kier alpha value is -3.70. The molecule has 0 fully saturated rings. The lowest BCUT2D eigenvalue weighted by Crippen LogP contribution is -2.38. The zero-order valence-corrected chi connectivity index (χ0v) is 27.4. The van der Waals surface area contributed by atoms with E-state index in [1.807, 2.05) is 39.8 Å². The van der Waals surface area contributed by atoms with Crippen LogP contribution in [0.4, 0.5) is 29.5 Å². The third-order valence-electron chi connectivity index (χ3n) is 6.20. The van der Waals surface area contributed by atoms with Gasteiger partial charge in [-0.3, -0.25) is 4.90 Å². The minimum atomic E-state index is -4.60. The van der Waals surface area contributed by atoms with Crippen molar-refractivity contribution in [2.75, 3.05) is 43.7 Å². The van der Waals surface area contributed by atoms with E-state index in [2.05, 4.69) is 9.97 Å². The highest BCUT2D eigenvalue weighted by Gasteiger charge is 2.35. The fourth-order valence-electron chi connectivity index (χ4n) is 4.21. The van der Waals surface area contributed by atoms with Crippen LogP contribution in [0.5, 0.6) is 0 Å². The summed E-state index contributed by atoms with van der Waals surface area (Å²) in [6.45, 7) is 12.5. The molecule has 0 bridgehead atoms. The second-order valence-electron chi connectivity index (χ2n) is 11.0. The number of carbonyl (C=O) groups is 1. The number of aromatic nitrogens is 2. The number of halogens is 3. The molecular formula is C33H41F3N4O3S. The maximum Gasteiger partial charge on any atom is 0.417 e. The van der Waals surface area contributed by atoms with Crippen LogP contribution in [0, 0.1) is 0 Å². The molecule has 0 saturated carbocycles. The molecule has 238 valence electrons. The van der Waals surface area contributed by atoms with Crippen LogP contribution in [0.15, 0.2) is 54.7 Å². The van der Waals surface area contributed by atoms with Crippen molar-refractivity contribution in [2.45, 2.75) is 59.7 Å². The molecule has 0 aliphatic rings. The molecule has 0 unspecified atom stereocenters. The summed E-state index contributed by atoms with van der Waals surface area (Å²) in [6, 6.07) is 12.9. The van der Waals surface area contributed by atoms with Gasteiger partial charge >= 0.3 is 12.3 Å². The summed E-state index contributed by atoms with van der Waals surface area (Å²) >= 11 is 1.14. The van der Waals surface area contributed by atoms with Crippen LogP contribution in [0.2, 0.25) is 0 Å². The normalized spacial score (nSPS) is 11.6. The lowest BCUT2D eigenvalue weighted by molar-refractivity contribution is -0.137. The van der Waals surface area contributed by atoms with Crippen molar-refractivity contribution in [1.82, 2.24) is 9.97 Å². The number of ether oxygens (including phenoxy) is 2. The van der Waals surface area contributed by atoms with Gasteiger partial charge in [0.25, 0.3) is 0 Å². The Morgan fingerprint density at radius 3 is 2.25 bits per heavy atom. The summed E-state index contributed by atoms with van der Waals surface area (Å²) in [4.78, 5) is 25.2. The molecule has 0 aliphatic carbocycles. The molecule has 2 aromatic heterocycles. The Kier molecular flexibility index (Phi) is 11.7. The van der Waals surface area contributed by atoms with Crippen molar-refractivity contribution in [1.29, 1.82) is 0 Å². The van der Waals surface area contributed by atoms with E-state index in [1.165, 1.54) is 11.0 Å². The fraction of sp³-hybridized carbons (Fsp3) is 0.424. The summed E-state index contributed by atoms with van der Waals surface area (Å²) in [5, 5.41) is 0.234. The largest absolute Gasteiger partial charge is 0.443 e. The van der Waals surface area contributed by atoms with Crippen molar-refractivity contribution in [3.05, 3.63) is 60.3 Å². The van der Waals surface area contributed by atoms with Crippen LogP contribution in [0.25, 0.3) is 31.9 Å². The average molecular weight is 631 g/mol. The lowest BCUT2D eigenvalue weighted by Gasteiger charge is -2.27. The van der Waals surface area contributed by atoms with Gasteiger partial charge in [-0.25, -0.2) is 14.8 Å². The van der Waals surface area contributed by atoms with E-state index in [1.54, 1.807) is 63.4 Å². The summed E-state index contributed by atoms with van der Waals surface area (Å²) < 4.78 is 54.8. The third-order valence-corrected chi connectivity index (χ3v) is 7.25. The van der Waals surface area contributed by atoms with E-state index in [0.29, 0.717) is 46.1 Å². The molecule has 0 atom stereocenters. The molecule has 0 N–H and O–H groups in total. The number of pyridine rings is 1. The number of thiazole rings is 1. The Morgan fingerprint density at radius 1 is 0.955 bits per heavy atom. The second-order valence-corrected chi connectivity index (χ2v) is 12.0. The van der Waals surface area contributed by atoms with Crippen LogP contribution in [0.3, 0.4) is 0 Å². The summed E-state index contributed by atoms with van der Waals surface area (Å²) in [6.07, 6.45) is -2.72. The zero-order chi connectivity index (χ0) is 32.7. The van der Waals surface area contributed by atoms with Crippen LogP contribution in [-0.4, -0.2) is 55.5 Å². The van der Waals surface area contributed by atoms with Gasteiger partial charge in [0.15, 0.2) is 0 Å². The van der Waals surface area contributed by atoms with Gasteiger partial charge in [-0.2, -0.15) is 13.2 Å². The number of anilines is 2. The predicted octanol–water partition coefficient (Wildman–Crippen LogP) is 9.30. The number of nitrogens with zero attached hydrogens (tertiary/aromatic N) is 4. The molecule has 1 amide bonds. The molecule has 0 saturated heterocycles. The van der Waals surface area contributed by atoms with E-state index in [9.17, 15) is 18.0 Å². The maximum atomic E-state index is 14.3. The standard InChI is InChI=1S/C31H35F3N4O3S.C2H6/c1-7-15-40-16-14-38(29(39)41-30(2,3)4)22-10-12-25-26(18-22)42-28(36-25)23-11-8-20(17-24(23)31(32,33)34)21-9-13-27(35-19-21)37(5)6;1-2/h8-13,17-19H,7,14-16H2,1-6H3;1-2H3. The molecule has 0 radical (unpaired) electrons. The quantitative estimate of drug-likeness (QED) is 0.172. The molecule has 0 aliphatic heterocycles. The number of alkyl halides is 3. The molecule has 11 heteroatoms. The molecule has 44 heavy (non-hydrogen) atoms. The van der Waals surface area contributed by atoms with Gasteiger partial charge in [0.1, 0.15) is 16.4 Å². The highest BCUT2D eigenvalue weighted by molar-refractivity contribution is 7.21. The van der Waals surface area contributed by atoms with Crippen LogP contribution < -0.4 is 9.80 Å². The van der Waals surface area contributed by atoms with Gasteiger partial charge < -0.3 is 14.4 Å². The van der Waals surface area contributed by atoms with E-state index in [-0.39, 0.29) is 17.1 Å². The summed E-state index contributed by atoms with van der Waals surface area (Å²) in [5.74, 6) is 0.707. The van der Waals surface area contributed by atoms with Crippen LogP contribution in [-0.2, 0) is 15.7 Å². The van der Waals surface area contributed by atoms with Gasteiger partial charge in [-0.1, -0.05) is 32.9 Å². The molecule has 2 heterocycles. The topological polar surface area (TPSA) is 67.8 Å². The highest BCUT2D eigenvalue weighted by Crippen LogP contribution is 2.42. The Bertz CT molecular complexity index is 1530. The molecule has 0 spiro atoms. The van der Waals surface area contributed by atoms with E-state index < -0.39 is 23.4 Å². The monoisotopic (exact) mass is 630 g/mol. The van der Waals surface area contributed by atoms with Gasteiger partial charge in [-0.05, 0) is 69.2 Å². The number of fused-ring (bicyclic) bond motifs is 1. The van der Waals surface area contributed by atoms with E-state index in [0.717, 1.165) is 23.8 Å². The fourth-order valence-corrected chi connectivity index (χ4v) is 5.25. The molecule has 4 aromatic rings. The molecule has 7 nitrogen and oxygen atoms in total. The third kappa shape index (κ3) is 8.92. The van der Waals surface area contributed by atoms with Crippen LogP contribution in [0.1, 0.15) is 53.5 Å². The summed E-state index contributed by atoms with van der Waals surface area (Å²) in [7, 11) is 3.69. The Labute approximate surface area is 261 Å². The van der Waals surface area contributed by atoms with Crippen molar-refractivity contribution in [2.24, 2.45) is 0 Å². The number of carbonyl (C=O) groups excluding carboxylic acids is 1. The van der Waals surface area contributed by atoms with E-state index in [4.69, 9.17) is 9.47 Å². The molecule has 2 aromatic carbocycles. The van der Waals surface area contributed by atoms with Gasteiger partial charge in [0.05, 0.1) is 28.9 Å². The Balaban J connectivity index is 0.00000259. The predicted molar refractivity (Wildman–Crippen MR) is 174 cm³/mol.